The largest absolute Gasteiger partial charge is 0.331 e. The SMILES string of the molecule is CCCCN(C(=O)N(C)C)C1CC(C)(C)N(C)C(C)(C)C1. The Kier molecular flexibility index (Phi) is 5.70. The van der Waals surface area contributed by atoms with Gasteiger partial charge >= 0.3 is 6.03 Å². The van der Waals surface area contributed by atoms with Crippen molar-refractivity contribution < 1.29 is 4.79 Å². The number of unbranched alkanes of at least 4 members (excludes halogenated alkanes) is 1. The predicted octanol–water partition coefficient (Wildman–Crippen LogP) is 3.42. The molecule has 1 saturated heterocycles. The lowest BCUT2D eigenvalue weighted by Gasteiger charge is -2.55. The Hall–Kier alpha value is -0.770. The highest BCUT2D eigenvalue weighted by Gasteiger charge is 2.45. The third-order valence-electron chi connectivity index (χ3n) is 5.11. The zero-order valence-electron chi connectivity index (χ0n) is 15.4. The standard InChI is InChI=1S/C17H35N3O/c1-9-10-11-20(15(21)18(6)7)14-12-16(2,3)19(8)17(4,5)13-14/h14H,9-13H2,1-8H3. The molecule has 2 amide bonds. The van der Waals surface area contributed by atoms with Crippen LogP contribution in [0.5, 0.6) is 0 Å². The fourth-order valence-corrected chi connectivity index (χ4v) is 3.56. The highest BCUT2D eigenvalue weighted by molar-refractivity contribution is 5.74. The minimum absolute atomic E-state index is 0.115. The fourth-order valence-electron chi connectivity index (χ4n) is 3.56. The summed E-state index contributed by atoms with van der Waals surface area (Å²) in [4.78, 5) is 18.9. The fraction of sp³-hybridized carbons (Fsp3) is 0.941. The molecule has 124 valence electrons. The van der Waals surface area contributed by atoms with Crippen molar-refractivity contribution in [2.45, 2.75) is 77.4 Å². The predicted molar refractivity (Wildman–Crippen MR) is 89.6 cm³/mol. The lowest BCUT2D eigenvalue weighted by atomic mass is 9.77. The van der Waals surface area contributed by atoms with Crippen LogP contribution in [0.1, 0.15) is 60.3 Å². The van der Waals surface area contributed by atoms with Gasteiger partial charge in [-0.15, -0.1) is 0 Å². The van der Waals surface area contributed by atoms with E-state index in [4.69, 9.17) is 0 Å². The van der Waals surface area contributed by atoms with Crippen molar-refractivity contribution in [2.75, 3.05) is 27.7 Å². The average Bonchev–Trinajstić information content (AvgIpc) is 2.35. The number of hydrogen-bond acceptors (Lipinski definition) is 2. The van der Waals surface area contributed by atoms with Crippen molar-refractivity contribution in [1.82, 2.24) is 14.7 Å². The van der Waals surface area contributed by atoms with Gasteiger partial charge in [-0.1, -0.05) is 13.3 Å². The molecule has 0 N–H and O–H groups in total. The summed E-state index contributed by atoms with van der Waals surface area (Å²) >= 11 is 0. The van der Waals surface area contributed by atoms with Gasteiger partial charge < -0.3 is 9.80 Å². The van der Waals surface area contributed by atoms with E-state index in [1.54, 1.807) is 4.90 Å². The number of urea groups is 1. The first-order valence-electron chi connectivity index (χ1n) is 8.25. The Morgan fingerprint density at radius 3 is 2.00 bits per heavy atom. The highest BCUT2D eigenvalue weighted by Crippen LogP contribution is 2.39. The molecule has 0 saturated carbocycles. The van der Waals surface area contributed by atoms with Gasteiger partial charge in [0.15, 0.2) is 0 Å². The van der Waals surface area contributed by atoms with E-state index in [-0.39, 0.29) is 17.1 Å². The summed E-state index contributed by atoms with van der Waals surface area (Å²) in [7, 11) is 5.92. The molecule has 1 aliphatic rings. The van der Waals surface area contributed by atoms with Crippen LogP contribution in [-0.4, -0.2) is 65.5 Å². The topological polar surface area (TPSA) is 26.8 Å². The zero-order chi connectivity index (χ0) is 16.4. The van der Waals surface area contributed by atoms with E-state index in [2.05, 4.69) is 51.5 Å². The van der Waals surface area contributed by atoms with Crippen molar-refractivity contribution in [3.8, 4) is 0 Å². The quantitative estimate of drug-likeness (QED) is 0.795. The molecule has 0 radical (unpaired) electrons. The summed E-state index contributed by atoms with van der Waals surface area (Å²) < 4.78 is 0. The highest BCUT2D eigenvalue weighted by atomic mass is 16.2. The molecule has 0 aromatic rings. The molecule has 21 heavy (non-hydrogen) atoms. The van der Waals surface area contributed by atoms with Gasteiger partial charge in [-0.3, -0.25) is 4.90 Å². The first-order valence-corrected chi connectivity index (χ1v) is 8.25. The van der Waals surface area contributed by atoms with Gasteiger partial charge in [0.25, 0.3) is 0 Å². The molecular formula is C17H35N3O. The van der Waals surface area contributed by atoms with Crippen LogP contribution in [0.25, 0.3) is 0 Å². The number of hydrogen-bond donors (Lipinski definition) is 0. The minimum atomic E-state index is 0.115. The Morgan fingerprint density at radius 1 is 1.14 bits per heavy atom. The molecular weight excluding hydrogens is 262 g/mol. The van der Waals surface area contributed by atoms with Crippen LogP contribution in [0.3, 0.4) is 0 Å². The molecule has 0 aromatic carbocycles. The summed E-state index contributed by atoms with van der Waals surface area (Å²) in [5, 5.41) is 0. The number of carbonyl (C=O) groups is 1. The van der Waals surface area contributed by atoms with Crippen molar-refractivity contribution >= 4 is 6.03 Å². The maximum atomic E-state index is 12.6. The van der Waals surface area contributed by atoms with Crippen molar-refractivity contribution in [1.29, 1.82) is 0 Å². The third-order valence-corrected chi connectivity index (χ3v) is 5.11. The molecule has 4 heteroatoms. The average molecular weight is 297 g/mol. The van der Waals surface area contributed by atoms with Gasteiger partial charge in [0, 0.05) is 37.8 Å². The van der Waals surface area contributed by atoms with Crippen LogP contribution in [0, 0.1) is 0 Å². The zero-order valence-corrected chi connectivity index (χ0v) is 15.4. The van der Waals surface area contributed by atoms with Crippen LogP contribution in [0.15, 0.2) is 0 Å². The molecule has 0 atom stereocenters. The van der Waals surface area contributed by atoms with E-state index < -0.39 is 0 Å². The van der Waals surface area contributed by atoms with Crippen LogP contribution >= 0.6 is 0 Å². The molecule has 0 aliphatic carbocycles. The molecule has 1 aliphatic heterocycles. The number of piperidine rings is 1. The van der Waals surface area contributed by atoms with Crippen LogP contribution in [0.2, 0.25) is 0 Å². The van der Waals surface area contributed by atoms with Crippen LogP contribution in [0.4, 0.5) is 4.79 Å². The molecule has 4 nitrogen and oxygen atoms in total. The van der Waals surface area contributed by atoms with Gasteiger partial charge in [-0.05, 0) is 54.0 Å². The summed E-state index contributed by atoms with van der Waals surface area (Å²) in [6, 6.07) is 0.484. The van der Waals surface area contributed by atoms with Gasteiger partial charge in [0.2, 0.25) is 0 Å². The Morgan fingerprint density at radius 2 is 1.62 bits per heavy atom. The van der Waals surface area contributed by atoms with Crippen molar-refractivity contribution in [3.05, 3.63) is 0 Å². The number of carbonyl (C=O) groups excluding carboxylic acids is 1. The third kappa shape index (κ3) is 4.12. The van der Waals surface area contributed by atoms with Crippen molar-refractivity contribution in [3.63, 3.8) is 0 Å². The van der Waals surface area contributed by atoms with E-state index in [1.165, 1.54) is 0 Å². The van der Waals surface area contributed by atoms with E-state index in [0.717, 1.165) is 32.2 Å². The molecule has 0 unspecified atom stereocenters. The number of nitrogens with zero attached hydrogens (tertiary/aromatic N) is 3. The lowest BCUT2D eigenvalue weighted by molar-refractivity contribution is -0.0405. The maximum absolute atomic E-state index is 12.6. The molecule has 1 heterocycles. The minimum Gasteiger partial charge on any atom is -0.331 e. The molecule has 0 bridgehead atoms. The maximum Gasteiger partial charge on any atom is 0.319 e. The first-order chi connectivity index (χ1) is 9.53. The smallest absolute Gasteiger partial charge is 0.319 e. The molecule has 1 fully saturated rings. The van der Waals surface area contributed by atoms with E-state index in [0.29, 0.717) is 6.04 Å². The van der Waals surface area contributed by atoms with E-state index in [9.17, 15) is 4.79 Å². The van der Waals surface area contributed by atoms with Gasteiger partial charge in [-0.2, -0.15) is 0 Å². The van der Waals surface area contributed by atoms with Gasteiger partial charge in [0.1, 0.15) is 0 Å². The van der Waals surface area contributed by atoms with E-state index >= 15 is 0 Å². The second-order valence-corrected chi connectivity index (χ2v) is 7.97. The van der Waals surface area contributed by atoms with Gasteiger partial charge in [0.05, 0.1) is 0 Å². The monoisotopic (exact) mass is 297 g/mol. The lowest BCUT2D eigenvalue weighted by Crippen LogP contribution is -2.63. The number of rotatable bonds is 4. The Bertz CT molecular complexity index is 345. The second-order valence-electron chi connectivity index (χ2n) is 7.97. The number of amides is 2. The summed E-state index contributed by atoms with van der Waals surface area (Å²) in [6.07, 6.45) is 4.27. The first kappa shape index (κ1) is 18.3. The number of likely N-dealkylation sites (tertiary alicyclic amines) is 1. The second kappa shape index (κ2) is 6.55. The summed E-state index contributed by atoms with van der Waals surface area (Å²) in [5.74, 6) is 0. The van der Waals surface area contributed by atoms with E-state index in [1.807, 2.05) is 14.1 Å². The summed E-state index contributed by atoms with van der Waals surface area (Å²) in [5.41, 5.74) is 0.229. The Labute approximate surface area is 131 Å². The van der Waals surface area contributed by atoms with Crippen LogP contribution in [-0.2, 0) is 0 Å². The molecule has 0 spiro atoms. The van der Waals surface area contributed by atoms with Crippen molar-refractivity contribution in [2.24, 2.45) is 0 Å². The summed E-state index contributed by atoms with van der Waals surface area (Å²) in [6.45, 7) is 12.2. The Balaban J connectivity index is 2.99. The molecule has 1 rings (SSSR count). The normalized spacial score (nSPS) is 22.1. The van der Waals surface area contributed by atoms with Gasteiger partial charge in [-0.25, -0.2) is 4.79 Å². The van der Waals surface area contributed by atoms with Crippen LogP contribution < -0.4 is 0 Å². The molecule has 0 aromatic heterocycles.